The molecule has 0 radical (unpaired) electrons. The van der Waals surface area contributed by atoms with Gasteiger partial charge in [0.25, 0.3) is 0 Å². The lowest BCUT2D eigenvalue weighted by Crippen LogP contribution is -2.48. The molecule has 4 nitrogen and oxygen atoms in total. The highest BCUT2D eigenvalue weighted by Crippen LogP contribution is 2.49. The summed E-state index contributed by atoms with van der Waals surface area (Å²) in [4.78, 5) is 13.4. The molecule has 1 saturated carbocycles. The first-order valence-corrected chi connectivity index (χ1v) is 5.39. The number of aliphatic hydroxyl groups is 1. The van der Waals surface area contributed by atoms with Crippen molar-refractivity contribution in [3.05, 3.63) is 0 Å². The molecule has 14 heavy (non-hydrogen) atoms. The van der Waals surface area contributed by atoms with E-state index < -0.39 is 0 Å². The highest BCUT2D eigenvalue weighted by molar-refractivity contribution is 5.74. The number of amides is 2. The Labute approximate surface area is 84.3 Å². The van der Waals surface area contributed by atoms with E-state index in [0.717, 1.165) is 45.3 Å². The molecule has 1 aliphatic carbocycles. The van der Waals surface area contributed by atoms with Crippen molar-refractivity contribution >= 4 is 6.03 Å². The van der Waals surface area contributed by atoms with Crippen LogP contribution < -0.4 is 5.32 Å². The third-order valence-corrected chi connectivity index (χ3v) is 3.29. The van der Waals surface area contributed by atoms with E-state index >= 15 is 0 Å². The second-order valence-electron chi connectivity index (χ2n) is 4.48. The molecule has 0 aromatic rings. The molecule has 2 fully saturated rings. The molecule has 1 aliphatic heterocycles. The number of urea groups is 1. The molecule has 0 spiro atoms. The number of carbonyl (C=O) groups excluding carboxylic acids is 1. The van der Waals surface area contributed by atoms with E-state index in [9.17, 15) is 4.79 Å². The summed E-state index contributed by atoms with van der Waals surface area (Å²) in [6, 6.07) is 0.0699. The largest absolute Gasteiger partial charge is 0.396 e. The second-order valence-corrected chi connectivity index (χ2v) is 4.48. The van der Waals surface area contributed by atoms with Gasteiger partial charge in [0, 0.05) is 26.2 Å². The standard InChI is InChI=1S/C10H18N2O2/c13-7-4-10(2-3-10)8-12-6-1-5-11-9(12)14/h13H,1-8H2,(H,11,14). The molecule has 0 aromatic heterocycles. The lowest BCUT2D eigenvalue weighted by molar-refractivity contribution is 0.159. The van der Waals surface area contributed by atoms with Gasteiger partial charge in [-0.15, -0.1) is 0 Å². The van der Waals surface area contributed by atoms with Crippen LogP contribution in [0.3, 0.4) is 0 Å². The molecule has 4 heteroatoms. The first-order chi connectivity index (χ1) is 6.76. The maximum absolute atomic E-state index is 11.5. The predicted octanol–water partition coefficient (Wildman–Crippen LogP) is 0.564. The molecular formula is C10H18N2O2. The summed E-state index contributed by atoms with van der Waals surface area (Å²) in [6.07, 6.45) is 4.21. The van der Waals surface area contributed by atoms with Crippen LogP contribution in [0.5, 0.6) is 0 Å². The van der Waals surface area contributed by atoms with E-state index in [1.165, 1.54) is 0 Å². The van der Waals surface area contributed by atoms with Crippen molar-refractivity contribution in [3.63, 3.8) is 0 Å². The first-order valence-electron chi connectivity index (χ1n) is 5.39. The van der Waals surface area contributed by atoms with Crippen molar-refractivity contribution in [1.82, 2.24) is 10.2 Å². The Balaban J connectivity index is 1.86. The highest BCUT2D eigenvalue weighted by Gasteiger charge is 2.44. The summed E-state index contributed by atoms with van der Waals surface area (Å²) in [6.45, 7) is 2.76. The van der Waals surface area contributed by atoms with Crippen LogP contribution in [0.15, 0.2) is 0 Å². The fourth-order valence-corrected chi connectivity index (χ4v) is 2.14. The van der Waals surface area contributed by atoms with Gasteiger partial charge in [-0.1, -0.05) is 0 Å². The Morgan fingerprint density at radius 2 is 2.29 bits per heavy atom. The van der Waals surface area contributed by atoms with E-state index in [1.54, 1.807) is 0 Å². The van der Waals surface area contributed by atoms with E-state index in [2.05, 4.69) is 5.32 Å². The second kappa shape index (κ2) is 3.77. The summed E-state index contributed by atoms with van der Waals surface area (Å²) < 4.78 is 0. The van der Waals surface area contributed by atoms with Gasteiger partial charge in [0.15, 0.2) is 0 Å². The van der Waals surface area contributed by atoms with Gasteiger partial charge in [0.05, 0.1) is 0 Å². The molecule has 2 N–H and O–H groups in total. The number of carbonyl (C=O) groups is 1. The Morgan fingerprint density at radius 1 is 1.50 bits per heavy atom. The van der Waals surface area contributed by atoms with Gasteiger partial charge in [0.1, 0.15) is 0 Å². The zero-order chi connectivity index (χ0) is 10.0. The van der Waals surface area contributed by atoms with E-state index in [1.807, 2.05) is 4.90 Å². The Bertz CT molecular complexity index is 226. The lowest BCUT2D eigenvalue weighted by Gasteiger charge is -2.30. The summed E-state index contributed by atoms with van der Waals surface area (Å²) in [7, 11) is 0. The monoisotopic (exact) mass is 198 g/mol. The zero-order valence-electron chi connectivity index (χ0n) is 8.46. The summed E-state index contributed by atoms with van der Waals surface area (Å²) in [5.41, 5.74) is 0.253. The van der Waals surface area contributed by atoms with Crippen LogP contribution in [0.2, 0.25) is 0 Å². The molecule has 80 valence electrons. The Hall–Kier alpha value is -0.770. The first kappa shape index (κ1) is 9.77. The fourth-order valence-electron chi connectivity index (χ4n) is 2.14. The predicted molar refractivity (Wildman–Crippen MR) is 53.0 cm³/mol. The fraction of sp³-hybridized carbons (Fsp3) is 0.900. The molecule has 0 unspecified atom stereocenters. The molecule has 0 aromatic carbocycles. The number of nitrogens with one attached hydrogen (secondary N) is 1. The number of nitrogens with zero attached hydrogens (tertiary/aromatic N) is 1. The summed E-state index contributed by atoms with van der Waals surface area (Å²) in [5, 5.41) is 11.8. The number of aliphatic hydroxyl groups excluding tert-OH is 1. The van der Waals surface area contributed by atoms with Crippen LogP contribution in [0, 0.1) is 5.41 Å². The average Bonchev–Trinajstić information content (AvgIpc) is 2.90. The molecular weight excluding hydrogens is 180 g/mol. The van der Waals surface area contributed by atoms with Crippen molar-refractivity contribution in [1.29, 1.82) is 0 Å². The van der Waals surface area contributed by atoms with Crippen molar-refractivity contribution < 1.29 is 9.90 Å². The normalized spacial score (nSPS) is 24.6. The summed E-state index contributed by atoms with van der Waals surface area (Å²) >= 11 is 0. The molecule has 2 aliphatic rings. The summed E-state index contributed by atoms with van der Waals surface area (Å²) in [5.74, 6) is 0. The van der Waals surface area contributed by atoms with Crippen molar-refractivity contribution in [2.24, 2.45) is 5.41 Å². The van der Waals surface area contributed by atoms with Gasteiger partial charge in [-0.2, -0.15) is 0 Å². The van der Waals surface area contributed by atoms with Gasteiger partial charge in [0.2, 0.25) is 0 Å². The van der Waals surface area contributed by atoms with Gasteiger partial charge < -0.3 is 15.3 Å². The molecule has 1 heterocycles. The minimum absolute atomic E-state index is 0.0699. The minimum atomic E-state index is 0.0699. The third kappa shape index (κ3) is 2.00. The van der Waals surface area contributed by atoms with Crippen molar-refractivity contribution in [2.75, 3.05) is 26.2 Å². The van der Waals surface area contributed by atoms with Gasteiger partial charge in [-0.25, -0.2) is 4.79 Å². The number of hydrogen-bond acceptors (Lipinski definition) is 2. The van der Waals surface area contributed by atoms with Crippen LogP contribution in [-0.2, 0) is 0 Å². The lowest BCUT2D eigenvalue weighted by atomic mass is 10.0. The Morgan fingerprint density at radius 3 is 2.86 bits per heavy atom. The van der Waals surface area contributed by atoms with Crippen LogP contribution in [0.25, 0.3) is 0 Å². The SMILES string of the molecule is O=C1NCCCN1CC1(CCO)CC1. The van der Waals surface area contributed by atoms with Gasteiger partial charge in [-0.3, -0.25) is 0 Å². The molecule has 2 amide bonds. The van der Waals surface area contributed by atoms with E-state index in [-0.39, 0.29) is 18.1 Å². The van der Waals surface area contributed by atoms with Crippen LogP contribution >= 0.6 is 0 Å². The number of hydrogen-bond donors (Lipinski definition) is 2. The maximum Gasteiger partial charge on any atom is 0.317 e. The maximum atomic E-state index is 11.5. The third-order valence-electron chi connectivity index (χ3n) is 3.29. The Kier molecular flexibility index (Phi) is 2.63. The molecule has 0 atom stereocenters. The molecule has 2 rings (SSSR count). The number of rotatable bonds is 4. The van der Waals surface area contributed by atoms with Gasteiger partial charge >= 0.3 is 6.03 Å². The van der Waals surface area contributed by atoms with Gasteiger partial charge in [-0.05, 0) is 31.1 Å². The smallest absolute Gasteiger partial charge is 0.317 e. The average molecular weight is 198 g/mol. The molecule has 1 saturated heterocycles. The topological polar surface area (TPSA) is 52.6 Å². The van der Waals surface area contributed by atoms with Crippen molar-refractivity contribution in [3.8, 4) is 0 Å². The quantitative estimate of drug-likeness (QED) is 0.693. The van der Waals surface area contributed by atoms with Crippen LogP contribution in [0.1, 0.15) is 25.7 Å². The molecule has 0 bridgehead atoms. The van der Waals surface area contributed by atoms with Crippen LogP contribution in [-0.4, -0.2) is 42.3 Å². The highest BCUT2D eigenvalue weighted by atomic mass is 16.3. The van der Waals surface area contributed by atoms with E-state index in [4.69, 9.17) is 5.11 Å². The van der Waals surface area contributed by atoms with E-state index in [0.29, 0.717) is 0 Å². The minimum Gasteiger partial charge on any atom is -0.396 e. The van der Waals surface area contributed by atoms with Crippen LogP contribution in [0.4, 0.5) is 4.79 Å². The van der Waals surface area contributed by atoms with Crippen molar-refractivity contribution in [2.45, 2.75) is 25.7 Å². The zero-order valence-corrected chi connectivity index (χ0v) is 8.46.